The lowest BCUT2D eigenvalue weighted by molar-refractivity contribution is -0.154. The summed E-state index contributed by atoms with van der Waals surface area (Å²) in [4.78, 5) is 25.6. The van der Waals surface area contributed by atoms with Crippen LogP contribution in [0.15, 0.2) is 30.3 Å². The first-order chi connectivity index (χ1) is 10.5. The normalized spacial score (nSPS) is 16.9. The highest BCUT2D eigenvalue weighted by Gasteiger charge is 2.51. The quantitative estimate of drug-likeness (QED) is 0.709. The second kappa shape index (κ2) is 6.89. The van der Waals surface area contributed by atoms with Crippen LogP contribution in [0, 0.1) is 0 Å². The lowest BCUT2D eigenvalue weighted by atomic mass is 10.2. The van der Waals surface area contributed by atoms with Gasteiger partial charge >= 0.3 is 5.97 Å². The van der Waals surface area contributed by atoms with Crippen molar-refractivity contribution in [3.63, 3.8) is 0 Å². The van der Waals surface area contributed by atoms with Crippen LogP contribution in [0.25, 0.3) is 0 Å². The molecule has 1 fully saturated rings. The van der Waals surface area contributed by atoms with Gasteiger partial charge in [0.1, 0.15) is 6.61 Å². The van der Waals surface area contributed by atoms with Crippen LogP contribution in [0.5, 0.6) is 0 Å². The zero-order valence-electron chi connectivity index (χ0n) is 12.9. The molecular formula is C16H22N2O4. The maximum Gasteiger partial charge on any atom is 0.337 e. The van der Waals surface area contributed by atoms with E-state index in [2.05, 4.69) is 5.32 Å². The molecule has 6 nitrogen and oxygen atoms in total. The largest absolute Gasteiger partial charge is 0.459 e. The van der Waals surface area contributed by atoms with Crippen molar-refractivity contribution >= 4 is 11.9 Å². The number of hydrogen-bond donors (Lipinski definition) is 2. The van der Waals surface area contributed by atoms with E-state index in [9.17, 15) is 14.7 Å². The third-order valence-electron chi connectivity index (χ3n) is 3.95. The SMILES string of the molecule is CN(C)C1(C(=O)NCC(O)C(=O)OCc2ccccc2)CC1. The Kier molecular flexibility index (Phi) is 5.15. The number of aliphatic hydroxyl groups excluding tert-OH is 1. The van der Waals surface area contributed by atoms with Gasteiger partial charge in [0.05, 0.1) is 12.1 Å². The molecule has 1 amide bonds. The molecule has 0 aliphatic heterocycles. The number of aliphatic hydroxyl groups is 1. The zero-order valence-corrected chi connectivity index (χ0v) is 12.9. The van der Waals surface area contributed by atoms with E-state index in [-0.39, 0.29) is 19.1 Å². The number of nitrogens with zero attached hydrogens (tertiary/aromatic N) is 1. The highest BCUT2D eigenvalue weighted by molar-refractivity contribution is 5.89. The number of esters is 1. The summed E-state index contributed by atoms with van der Waals surface area (Å²) >= 11 is 0. The van der Waals surface area contributed by atoms with Gasteiger partial charge in [-0.25, -0.2) is 4.79 Å². The van der Waals surface area contributed by atoms with E-state index in [4.69, 9.17) is 4.74 Å². The summed E-state index contributed by atoms with van der Waals surface area (Å²) in [5, 5.41) is 12.4. The van der Waals surface area contributed by atoms with E-state index in [1.165, 1.54) is 0 Å². The van der Waals surface area contributed by atoms with E-state index in [1.54, 1.807) is 0 Å². The molecule has 6 heteroatoms. The van der Waals surface area contributed by atoms with Crippen molar-refractivity contribution in [3.8, 4) is 0 Å². The number of carbonyl (C=O) groups excluding carboxylic acids is 2. The molecule has 0 bridgehead atoms. The number of benzene rings is 1. The van der Waals surface area contributed by atoms with Crippen molar-refractivity contribution in [3.05, 3.63) is 35.9 Å². The van der Waals surface area contributed by atoms with Gasteiger partial charge in [0.25, 0.3) is 0 Å². The Hall–Kier alpha value is -1.92. The highest BCUT2D eigenvalue weighted by Crippen LogP contribution is 2.40. The molecule has 120 valence electrons. The predicted molar refractivity (Wildman–Crippen MR) is 80.9 cm³/mol. The standard InChI is InChI=1S/C16H22N2O4/c1-18(2)16(8-9-16)15(21)17-10-13(19)14(20)22-11-12-6-4-3-5-7-12/h3-7,13,19H,8-11H2,1-2H3,(H,17,21). The van der Waals surface area contributed by atoms with E-state index < -0.39 is 17.6 Å². The number of likely N-dealkylation sites (N-methyl/N-ethyl adjacent to an activating group) is 1. The molecule has 0 radical (unpaired) electrons. The fraction of sp³-hybridized carbons (Fsp3) is 0.500. The third-order valence-corrected chi connectivity index (χ3v) is 3.95. The van der Waals surface area contributed by atoms with Crippen molar-refractivity contribution in [1.82, 2.24) is 10.2 Å². The monoisotopic (exact) mass is 306 g/mol. The average Bonchev–Trinajstić information content (AvgIpc) is 3.32. The number of nitrogens with one attached hydrogen (secondary N) is 1. The fourth-order valence-electron chi connectivity index (χ4n) is 2.26. The molecule has 1 aromatic rings. The van der Waals surface area contributed by atoms with Gasteiger partial charge in [-0.1, -0.05) is 30.3 Å². The minimum Gasteiger partial charge on any atom is -0.459 e. The summed E-state index contributed by atoms with van der Waals surface area (Å²) in [6.07, 6.45) is 0.228. The molecule has 1 aliphatic rings. The maximum absolute atomic E-state index is 12.1. The maximum atomic E-state index is 12.1. The van der Waals surface area contributed by atoms with Gasteiger partial charge < -0.3 is 15.2 Å². The van der Waals surface area contributed by atoms with Gasteiger partial charge in [0.15, 0.2) is 6.10 Å². The molecule has 22 heavy (non-hydrogen) atoms. The van der Waals surface area contributed by atoms with Crippen LogP contribution in [-0.2, 0) is 20.9 Å². The van der Waals surface area contributed by atoms with E-state index >= 15 is 0 Å². The lowest BCUT2D eigenvalue weighted by Gasteiger charge is -2.23. The first-order valence-electron chi connectivity index (χ1n) is 7.30. The van der Waals surface area contributed by atoms with Gasteiger partial charge in [-0.15, -0.1) is 0 Å². The third kappa shape index (κ3) is 3.84. The van der Waals surface area contributed by atoms with Crippen molar-refractivity contribution in [2.75, 3.05) is 20.6 Å². The average molecular weight is 306 g/mol. The van der Waals surface area contributed by atoms with Crippen LogP contribution < -0.4 is 5.32 Å². The minimum absolute atomic E-state index is 0.103. The molecule has 1 atom stereocenters. The molecule has 0 aromatic heterocycles. The fourth-order valence-corrected chi connectivity index (χ4v) is 2.26. The molecule has 2 N–H and O–H groups in total. The van der Waals surface area contributed by atoms with Crippen molar-refractivity contribution < 1.29 is 19.4 Å². The van der Waals surface area contributed by atoms with Gasteiger partial charge in [-0.05, 0) is 32.5 Å². The van der Waals surface area contributed by atoms with Gasteiger partial charge in [0, 0.05) is 0 Å². The number of amides is 1. The Bertz CT molecular complexity index is 526. The second-order valence-electron chi connectivity index (χ2n) is 5.75. The Balaban J connectivity index is 1.74. The van der Waals surface area contributed by atoms with E-state index in [1.807, 2.05) is 49.3 Å². The first-order valence-corrected chi connectivity index (χ1v) is 7.30. The topological polar surface area (TPSA) is 78.9 Å². The molecule has 0 spiro atoms. The zero-order chi connectivity index (χ0) is 16.2. The van der Waals surface area contributed by atoms with Crippen LogP contribution in [0.1, 0.15) is 18.4 Å². The summed E-state index contributed by atoms with van der Waals surface area (Å²) in [7, 11) is 3.69. The van der Waals surface area contributed by atoms with Crippen LogP contribution in [0.4, 0.5) is 0 Å². The number of carbonyl (C=O) groups is 2. The Morgan fingerprint density at radius 1 is 1.32 bits per heavy atom. The number of hydrogen-bond acceptors (Lipinski definition) is 5. The number of rotatable bonds is 7. The van der Waals surface area contributed by atoms with Crippen LogP contribution in [-0.4, -0.2) is 54.2 Å². The van der Waals surface area contributed by atoms with Crippen molar-refractivity contribution in [2.24, 2.45) is 0 Å². The van der Waals surface area contributed by atoms with E-state index in [0.29, 0.717) is 0 Å². The molecule has 2 rings (SSSR count). The molecule has 1 aliphatic carbocycles. The Labute approximate surface area is 130 Å². The Morgan fingerprint density at radius 3 is 2.50 bits per heavy atom. The summed E-state index contributed by atoms with van der Waals surface area (Å²) in [5.41, 5.74) is 0.366. The molecular weight excluding hydrogens is 284 g/mol. The lowest BCUT2D eigenvalue weighted by Crippen LogP contribution is -2.48. The molecule has 1 unspecified atom stereocenters. The van der Waals surface area contributed by atoms with Gasteiger partial charge in [-0.3, -0.25) is 9.69 Å². The van der Waals surface area contributed by atoms with Crippen LogP contribution in [0.2, 0.25) is 0 Å². The number of ether oxygens (including phenoxy) is 1. The minimum atomic E-state index is -1.36. The Morgan fingerprint density at radius 2 is 1.95 bits per heavy atom. The second-order valence-corrected chi connectivity index (χ2v) is 5.75. The van der Waals surface area contributed by atoms with Crippen molar-refractivity contribution in [1.29, 1.82) is 0 Å². The molecule has 1 aromatic carbocycles. The van der Waals surface area contributed by atoms with Crippen molar-refractivity contribution in [2.45, 2.75) is 31.1 Å². The first kappa shape index (κ1) is 16.5. The molecule has 1 saturated carbocycles. The molecule has 0 heterocycles. The molecule has 0 saturated heterocycles. The summed E-state index contributed by atoms with van der Waals surface area (Å²) in [5.74, 6) is -0.897. The van der Waals surface area contributed by atoms with E-state index in [0.717, 1.165) is 18.4 Å². The smallest absolute Gasteiger partial charge is 0.337 e. The van der Waals surface area contributed by atoms with Gasteiger partial charge in [-0.2, -0.15) is 0 Å². The predicted octanol–water partition coefficient (Wildman–Crippen LogP) is 0.301. The summed E-state index contributed by atoms with van der Waals surface area (Å²) in [6.45, 7) is -0.0334. The van der Waals surface area contributed by atoms with Crippen LogP contribution in [0.3, 0.4) is 0 Å². The van der Waals surface area contributed by atoms with Crippen LogP contribution >= 0.6 is 0 Å². The summed E-state index contributed by atoms with van der Waals surface area (Å²) < 4.78 is 5.02. The summed E-state index contributed by atoms with van der Waals surface area (Å²) in [6, 6.07) is 9.21. The highest BCUT2D eigenvalue weighted by atomic mass is 16.5. The van der Waals surface area contributed by atoms with Gasteiger partial charge in [0.2, 0.25) is 5.91 Å².